The molecule has 2 heterocycles. The van der Waals surface area contributed by atoms with Gasteiger partial charge in [0.15, 0.2) is 0 Å². The molecule has 2 N–H and O–H groups in total. The van der Waals surface area contributed by atoms with Crippen molar-refractivity contribution in [3.05, 3.63) is 60.3 Å². The van der Waals surface area contributed by atoms with Gasteiger partial charge in [-0.1, -0.05) is 18.2 Å². The minimum atomic E-state index is -0.144. The number of benzene rings is 1. The summed E-state index contributed by atoms with van der Waals surface area (Å²) in [5, 5.41) is 3.84. The van der Waals surface area contributed by atoms with Gasteiger partial charge in [0.2, 0.25) is 0 Å². The van der Waals surface area contributed by atoms with Gasteiger partial charge in [-0.2, -0.15) is 0 Å². The number of hydrogen-bond acceptors (Lipinski definition) is 3. The van der Waals surface area contributed by atoms with E-state index >= 15 is 0 Å². The van der Waals surface area contributed by atoms with Gasteiger partial charge in [0.1, 0.15) is 12.0 Å². The van der Waals surface area contributed by atoms with Gasteiger partial charge in [-0.05, 0) is 18.2 Å². The molecule has 94 valence electrons. The van der Waals surface area contributed by atoms with Crippen molar-refractivity contribution in [3.63, 3.8) is 0 Å². The van der Waals surface area contributed by atoms with Crippen LogP contribution in [0.5, 0.6) is 0 Å². The lowest BCUT2D eigenvalue weighted by Crippen LogP contribution is -2.23. The second-order valence-corrected chi connectivity index (χ2v) is 4.15. The van der Waals surface area contributed by atoms with Crippen LogP contribution < -0.4 is 5.32 Å². The highest BCUT2D eigenvalue weighted by Gasteiger charge is 2.08. The summed E-state index contributed by atoms with van der Waals surface area (Å²) in [5.74, 6) is -0.144. The number of fused-ring (bicyclic) bond motifs is 1. The molecule has 0 spiro atoms. The quantitative estimate of drug-likeness (QED) is 0.747. The number of amides is 1. The molecule has 1 aromatic carbocycles. The maximum atomic E-state index is 12.0. The number of H-pyrrole nitrogens is 1. The normalized spacial score (nSPS) is 10.5. The van der Waals surface area contributed by atoms with E-state index in [0.717, 1.165) is 16.6 Å². The molecule has 0 saturated heterocycles. The van der Waals surface area contributed by atoms with E-state index in [4.69, 9.17) is 0 Å². The van der Waals surface area contributed by atoms with Crippen molar-refractivity contribution in [1.29, 1.82) is 0 Å². The first-order valence-electron chi connectivity index (χ1n) is 5.94. The minimum Gasteiger partial charge on any atom is -0.351 e. The lowest BCUT2D eigenvalue weighted by atomic mass is 10.2. The monoisotopic (exact) mass is 252 g/mol. The zero-order chi connectivity index (χ0) is 13.1. The molecule has 5 heteroatoms. The van der Waals surface area contributed by atoms with E-state index in [2.05, 4.69) is 20.3 Å². The maximum absolute atomic E-state index is 12.0. The second-order valence-electron chi connectivity index (χ2n) is 4.15. The number of para-hydroxylation sites is 1. The Morgan fingerprint density at radius 2 is 2.16 bits per heavy atom. The summed E-state index contributed by atoms with van der Waals surface area (Å²) in [7, 11) is 0. The van der Waals surface area contributed by atoms with Crippen LogP contribution in [-0.2, 0) is 6.54 Å². The van der Waals surface area contributed by atoms with Crippen LogP contribution in [0, 0.1) is 0 Å². The molecule has 5 nitrogen and oxygen atoms in total. The molecule has 2 aromatic heterocycles. The van der Waals surface area contributed by atoms with Gasteiger partial charge in [-0.25, -0.2) is 9.97 Å². The third-order valence-corrected chi connectivity index (χ3v) is 2.85. The van der Waals surface area contributed by atoms with Gasteiger partial charge in [0.25, 0.3) is 5.91 Å². The number of rotatable bonds is 3. The standard InChI is InChI=1S/C14H12N4O/c19-14(16-8-11-5-6-15-9-17-11)13-7-10-3-1-2-4-12(10)18-13/h1-7,9,18H,8H2,(H,16,19). The average Bonchev–Trinajstić information content (AvgIpc) is 2.90. The third-order valence-electron chi connectivity index (χ3n) is 2.85. The fraction of sp³-hybridized carbons (Fsp3) is 0.0714. The molecule has 0 saturated carbocycles. The van der Waals surface area contributed by atoms with Crippen LogP contribution in [0.2, 0.25) is 0 Å². The van der Waals surface area contributed by atoms with Crippen molar-refractivity contribution in [2.45, 2.75) is 6.54 Å². The van der Waals surface area contributed by atoms with Crippen molar-refractivity contribution in [3.8, 4) is 0 Å². The minimum absolute atomic E-state index is 0.144. The van der Waals surface area contributed by atoms with Gasteiger partial charge >= 0.3 is 0 Å². The van der Waals surface area contributed by atoms with Crippen LogP contribution in [0.25, 0.3) is 10.9 Å². The fourth-order valence-corrected chi connectivity index (χ4v) is 1.88. The predicted octanol–water partition coefficient (Wildman–Crippen LogP) is 1.89. The summed E-state index contributed by atoms with van der Waals surface area (Å²) in [6, 6.07) is 11.4. The van der Waals surface area contributed by atoms with Gasteiger partial charge < -0.3 is 10.3 Å². The first-order chi connectivity index (χ1) is 9.33. The Morgan fingerprint density at radius 1 is 1.26 bits per heavy atom. The van der Waals surface area contributed by atoms with Crippen LogP contribution in [0.15, 0.2) is 48.9 Å². The molecule has 1 amide bonds. The molecule has 0 aliphatic heterocycles. The number of aromatic amines is 1. The molecule has 0 atom stereocenters. The molecular formula is C14H12N4O. The van der Waals surface area contributed by atoms with E-state index in [1.807, 2.05) is 30.3 Å². The molecule has 19 heavy (non-hydrogen) atoms. The largest absolute Gasteiger partial charge is 0.351 e. The molecule has 0 fully saturated rings. The van der Waals surface area contributed by atoms with Gasteiger partial charge in [-0.3, -0.25) is 4.79 Å². The summed E-state index contributed by atoms with van der Waals surface area (Å²) in [6.07, 6.45) is 3.11. The summed E-state index contributed by atoms with van der Waals surface area (Å²) in [4.78, 5) is 23.0. The molecular weight excluding hydrogens is 240 g/mol. The Labute approximate surface area is 109 Å². The number of carbonyl (C=O) groups excluding carboxylic acids is 1. The van der Waals surface area contributed by atoms with E-state index < -0.39 is 0 Å². The highest BCUT2D eigenvalue weighted by atomic mass is 16.1. The molecule has 3 rings (SSSR count). The fourth-order valence-electron chi connectivity index (χ4n) is 1.88. The van der Waals surface area contributed by atoms with Crippen molar-refractivity contribution in [2.75, 3.05) is 0 Å². The first kappa shape index (κ1) is 11.4. The predicted molar refractivity (Wildman–Crippen MR) is 71.5 cm³/mol. The third kappa shape index (κ3) is 2.44. The summed E-state index contributed by atoms with van der Waals surface area (Å²) < 4.78 is 0. The Kier molecular flexibility index (Phi) is 2.94. The van der Waals surface area contributed by atoms with Crippen molar-refractivity contribution >= 4 is 16.8 Å². The highest BCUT2D eigenvalue weighted by molar-refractivity contribution is 5.97. The van der Waals surface area contributed by atoms with Crippen molar-refractivity contribution in [2.24, 2.45) is 0 Å². The van der Waals surface area contributed by atoms with Crippen molar-refractivity contribution < 1.29 is 4.79 Å². The van der Waals surface area contributed by atoms with Gasteiger partial charge in [-0.15, -0.1) is 0 Å². The average molecular weight is 252 g/mol. The Hall–Kier alpha value is -2.69. The van der Waals surface area contributed by atoms with E-state index in [9.17, 15) is 4.79 Å². The number of carbonyl (C=O) groups is 1. The van der Waals surface area contributed by atoms with E-state index in [0.29, 0.717) is 12.2 Å². The van der Waals surface area contributed by atoms with E-state index in [1.54, 1.807) is 12.3 Å². The van der Waals surface area contributed by atoms with Crippen LogP contribution in [0.1, 0.15) is 16.2 Å². The number of aromatic nitrogens is 3. The molecule has 3 aromatic rings. The summed E-state index contributed by atoms with van der Waals surface area (Å²) in [5.41, 5.74) is 2.28. The van der Waals surface area contributed by atoms with Crippen LogP contribution >= 0.6 is 0 Å². The molecule has 0 aliphatic carbocycles. The molecule has 0 unspecified atom stereocenters. The number of hydrogen-bond donors (Lipinski definition) is 2. The number of nitrogens with zero attached hydrogens (tertiary/aromatic N) is 2. The Morgan fingerprint density at radius 3 is 2.95 bits per heavy atom. The lowest BCUT2D eigenvalue weighted by molar-refractivity contribution is 0.0946. The number of nitrogens with one attached hydrogen (secondary N) is 2. The smallest absolute Gasteiger partial charge is 0.268 e. The van der Waals surface area contributed by atoms with Crippen molar-refractivity contribution in [1.82, 2.24) is 20.3 Å². The maximum Gasteiger partial charge on any atom is 0.268 e. The SMILES string of the molecule is O=C(NCc1ccncn1)c1cc2ccccc2[nH]1. The lowest BCUT2D eigenvalue weighted by Gasteiger charge is -2.02. The molecule has 0 bridgehead atoms. The zero-order valence-electron chi connectivity index (χ0n) is 10.1. The second kappa shape index (κ2) is 4.89. The molecule has 0 radical (unpaired) electrons. The van der Waals surface area contributed by atoms with Crippen LogP contribution in [0.4, 0.5) is 0 Å². The van der Waals surface area contributed by atoms with Gasteiger partial charge in [0, 0.05) is 17.1 Å². The van der Waals surface area contributed by atoms with Crippen LogP contribution in [-0.4, -0.2) is 20.9 Å². The zero-order valence-corrected chi connectivity index (χ0v) is 10.1. The van der Waals surface area contributed by atoms with E-state index in [-0.39, 0.29) is 5.91 Å². The topological polar surface area (TPSA) is 70.7 Å². The first-order valence-corrected chi connectivity index (χ1v) is 5.94. The Balaban J connectivity index is 1.73. The molecule has 0 aliphatic rings. The van der Waals surface area contributed by atoms with Crippen LogP contribution in [0.3, 0.4) is 0 Å². The Bertz CT molecular complexity index is 673. The van der Waals surface area contributed by atoms with E-state index in [1.165, 1.54) is 6.33 Å². The van der Waals surface area contributed by atoms with Gasteiger partial charge in [0.05, 0.1) is 12.2 Å². The summed E-state index contributed by atoms with van der Waals surface area (Å²) >= 11 is 0. The summed E-state index contributed by atoms with van der Waals surface area (Å²) in [6.45, 7) is 0.386. The highest BCUT2D eigenvalue weighted by Crippen LogP contribution is 2.14.